The summed E-state index contributed by atoms with van der Waals surface area (Å²) in [7, 11) is 1.57. The predicted molar refractivity (Wildman–Crippen MR) is 31.5 cm³/mol. The van der Waals surface area contributed by atoms with Crippen LogP contribution in [0.5, 0.6) is 0 Å². The van der Waals surface area contributed by atoms with Crippen LogP contribution < -0.4 is 0 Å². The van der Waals surface area contributed by atoms with Gasteiger partial charge in [0.05, 0.1) is 12.9 Å². The van der Waals surface area contributed by atoms with Crippen LogP contribution >= 0.6 is 12.0 Å². The van der Waals surface area contributed by atoms with E-state index >= 15 is 0 Å². The lowest BCUT2D eigenvalue weighted by Crippen LogP contribution is -1.93. The zero-order chi connectivity index (χ0) is 6.24. The molecule has 0 aromatic carbocycles. The molecule has 0 heterocycles. The van der Waals surface area contributed by atoms with Gasteiger partial charge >= 0.3 is 0 Å². The van der Waals surface area contributed by atoms with E-state index in [0.29, 0.717) is 18.8 Å². The van der Waals surface area contributed by atoms with Crippen LogP contribution in [-0.2, 0) is 13.7 Å². The topological polar surface area (TPSA) is 35.5 Å². The predicted octanol–water partition coefficient (Wildman–Crippen LogP) is 0.454. The number of carbonyl (C=O) groups is 1. The fourth-order valence-electron chi connectivity index (χ4n) is 0.214. The van der Waals surface area contributed by atoms with Gasteiger partial charge < -0.3 is 8.92 Å². The largest absolute Gasteiger partial charge is 0.467 e. The Labute approximate surface area is 52.6 Å². The van der Waals surface area contributed by atoms with Crippen LogP contribution in [-0.4, -0.2) is 25.9 Å². The molecule has 0 unspecified atom stereocenters. The Morgan fingerprint density at radius 2 is 2.50 bits per heavy atom. The summed E-state index contributed by atoms with van der Waals surface area (Å²) in [6.45, 7) is 0.845. The molecule has 0 radical (unpaired) electrons. The molecule has 0 spiro atoms. The zero-order valence-corrected chi connectivity index (χ0v) is 5.44. The zero-order valence-electron chi connectivity index (χ0n) is 4.62. The van der Waals surface area contributed by atoms with Crippen LogP contribution in [0.3, 0.4) is 0 Å². The van der Waals surface area contributed by atoms with Crippen molar-refractivity contribution < 1.29 is 13.7 Å². The van der Waals surface area contributed by atoms with Crippen LogP contribution in [0.15, 0.2) is 0 Å². The van der Waals surface area contributed by atoms with E-state index in [0.717, 1.165) is 0 Å². The van der Waals surface area contributed by atoms with Crippen molar-refractivity contribution in [2.75, 3.05) is 19.5 Å². The normalized spacial score (nSPS) is 8.62. The molecule has 3 nitrogen and oxygen atoms in total. The minimum atomic E-state index is 0.419. The molecule has 0 saturated heterocycles. The Morgan fingerprint density at radius 3 is 3.00 bits per heavy atom. The molecule has 8 heavy (non-hydrogen) atoms. The third kappa shape index (κ3) is 5.78. The molecule has 0 saturated carbocycles. The summed E-state index contributed by atoms with van der Waals surface area (Å²) in [5, 5.41) is 0. The monoisotopic (exact) mass is 136 g/mol. The summed E-state index contributed by atoms with van der Waals surface area (Å²) < 4.78 is 8.96. The van der Waals surface area contributed by atoms with Gasteiger partial charge in [0.25, 0.3) is 6.47 Å². The summed E-state index contributed by atoms with van der Waals surface area (Å²) in [4.78, 5) is 9.50. The number of rotatable bonds is 5. The number of carbonyl (C=O) groups excluding carboxylic acids is 1. The van der Waals surface area contributed by atoms with Gasteiger partial charge in [0.15, 0.2) is 0 Å². The second kappa shape index (κ2) is 6.78. The van der Waals surface area contributed by atoms with Gasteiger partial charge in [-0.1, -0.05) is 0 Å². The quantitative estimate of drug-likeness (QED) is 0.312. The Morgan fingerprint density at radius 1 is 1.75 bits per heavy atom. The second-order valence-corrected chi connectivity index (χ2v) is 1.93. The van der Waals surface area contributed by atoms with Crippen molar-refractivity contribution >= 4 is 18.5 Å². The number of hydrogen-bond donors (Lipinski definition) is 0. The Bertz CT molecular complexity index is 57.2. The molecular weight excluding hydrogens is 128 g/mol. The van der Waals surface area contributed by atoms with Crippen molar-refractivity contribution in [3.8, 4) is 0 Å². The maximum atomic E-state index is 9.50. The Kier molecular flexibility index (Phi) is 6.59. The average molecular weight is 136 g/mol. The average Bonchev–Trinajstić information content (AvgIpc) is 1.81. The molecule has 0 fully saturated rings. The van der Waals surface area contributed by atoms with Crippen molar-refractivity contribution in [1.82, 2.24) is 0 Å². The Hall–Kier alpha value is -0.220. The van der Waals surface area contributed by atoms with Gasteiger partial charge in [0.2, 0.25) is 0 Å². The lowest BCUT2D eigenvalue weighted by Gasteiger charge is -1.93. The third-order valence-electron chi connectivity index (χ3n) is 0.470. The Balaban J connectivity index is 2.62. The minimum absolute atomic E-state index is 0.419. The molecular formula is C4H8O3S. The van der Waals surface area contributed by atoms with Crippen molar-refractivity contribution in [2.45, 2.75) is 0 Å². The first kappa shape index (κ1) is 7.78. The molecule has 0 rings (SSSR count). The molecule has 0 amide bonds. The van der Waals surface area contributed by atoms with Gasteiger partial charge in [-0.25, -0.2) is 0 Å². The summed E-state index contributed by atoms with van der Waals surface area (Å²) in [5.41, 5.74) is 0. The van der Waals surface area contributed by atoms with E-state index in [1.54, 1.807) is 7.11 Å². The van der Waals surface area contributed by atoms with Crippen molar-refractivity contribution in [2.24, 2.45) is 0 Å². The van der Waals surface area contributed by atoms with E-state index in [1.165, 1.54) is 12.0 Å². The fraction of sp³-hybridized carbons (Fsp3) is 0.750. The summed E-state index contributed by atoms with van der Waals surface area (Å²) in [6.07, 6.45) is 0. The molecule has 48 valence electrons. The highest BCUT2D eigenvalue weighted by Gasteiger charge is 1.83. The fourth-order valence-corrected chi connectivity index (χ4v) is 0.545. The van der Waals surface area contributed by atoms with Gasteiger partial charge in [-0.3, -0.25) is 4.79 Å². The van der Waals surface area contributed by atoms with Crippen LogP contribution in [0.25, 0.3) is 0 Å². The van der Waals surface area contributed by atoms with E-state index in [9.17, 15) is 4.79 Å². The third-order valence-corrected chi connectivity index (χ3v) is 1.04. The van der Waals surface area contributed by atoms with E-state index in [2.05, 4.69) is 8.92 Å². The van der Waals surface area contributed by atoms with Crippen LogP contribution in [0.2, 0.25) is 0 Å². The van der Waals surface area contributed by atoms with Gasteiger partial charge in [-0.15, -0.1) is 0 Å². The van der Waals surface area contributed by atoms with Gasteiger partial charge in [0, 0.05) is 0 Å². The maximum Gasteiger partial charge on any atom is 0.293 e. The van der Waals surface area contributed by atoms with Crippen molar-refractivity contribution in [1.29, 1.82) is 0 Å². The molecule has 0 atom stereocenters. The van der Waals surface area contributed by atoms with Gasteiger partial charge in [-0.2, -0.15) is 0 Å². The summed E-state index contributed by atoms with van der Waals surface area (Å²) >= 11 is 1.26. The van der Waals surface area contributed by atoms with Crippen LogP contribution in [0.1, 0.15) is 0 Å². The molecule has 0 aromatic heterocycles. The summed E-state index contributed by atoms with van der Waals surface area (Å²) in [5.74, 6) is 0.690. The maximum absolute atomic E-state index is 9.50. The lowest BCUT2D eigenvalue weighted by atomic mass is 10.9. The first-order valence-electron chi connectivity index (χ1n) is 2.12. The number of ether oxygens (including phenoxy) is 1. The molecule has 0 bridgehead atoms. The van der Waals surface area contributed by atoms with E-state index in [4.69, 9.17) is 0 Å². The van der Waals surface area contributed by atoms with Crippen molar-refractivity contribution in [3.05, 3.63) is 0 Å². The highest BCUT2D eigenvalue weighted by molar-refractivity contribution is 7.94. The van der Waals surface area contributed by atoms with Crippen LogP contribution in [0.4, 0.5) is 0 Å². The lowest BCUT2D eigenvalue weighted by molar-refractivity contribution is -0.128. The molecule has 0 N–H and O–H groups in total. The van der Waals surface area contributed by atoms with E-state index in [1.807, 2.05) is 0 Å². The molecule has 0 aliphatic rings. The van der Waals surface area contributed by atoms with Crippen molar-refractivity contribution in [3.63, 3.8) is 0 Å². The van der Waals surface area contributed by atoms with Crippen LogP contribution in [0, 0.1) is 0 Å². The van der Waals surface area contributed by atoms with E-state index in [-0.39, 0.29) is 0 Å². The highest BCUT2D eigenvalue weighted by Crippen LogP contribution is 1.96. The first-order valence-corrected chi connectivity index (χ1v) is 3.03. The molecule has 0 aliphatic carbocycles. The SMILES string of the molecule is COSCCOC=O. The molecule has 0 aromatic rings. The number of hydrogen-bond acceptors (Lipinski definition) is 4. The highest BCUT2D eigenvalue weighted by atomic mass is 32.2. The summed E-state index contributed by atoms with van der Waals surface area (Å²) in [6, 6.07) is 0. The first-order chi connectivity index (χ1) is 3.91. The molecule has 0 aliphatic heterocycles. The van der Waals surface area contributed by atoms with Gasteiger partial charge in [-0.05, 0) is 12.0 Å². The standard InChI is InChI=1S/C4H8O3S/c1-6-8-3-2-7-4-5/h4H,2-3H2,1H3. The smallest absolute Gasteiger partial charge is 0.293 e. The molecule has 4 heteroatoms. The second-order valence-electron chi connectivity index (χ2n) is 0.956. The minimum Gasteiger partial charge on any atom is -0.467 e. The van der Waals surface area contributed by atoms with Gasteiger partial charge in [0.1, 0.15) is 6.61 Å². The van der Waals surface area contributed by atoms with E-state index < -0.39 is 0 Å².